The highest BCUT2D eigenvalue weighted by Gasteiger charge is 2.06. The van der Waals surface area contributed by atoms with Gasteiger partial charge in [0.1, 0.15) is 5.78 Å². The van der Waals surface area contributed by atoms with Crippen LogP contribution in [0.15, 0.2) is 0 Å². The van der Waals surface area contributed by atoms with Crippen LogP contribution in [0.1, 0.15) is 78.1 Å². The van der Waals surface area contributed by atoms with E-state index in [4.69, 9.17) is 4.74 Å². The van der Waals surface area contributed by atoms with Crippen molar-refractivity contribution in [2.24, 2.45) is 0 Å². The lowest BCUT2D eigenvalue weighted by Crippen LogP contribution is -2.07. The normalized spacial score (nSPS) is 10.3. The fourth-order valence-electron chi connectivity index (χ4n) is 1.74. The first kappa shape index (κ1) is 17.1. The van der Waals surface area contributed by atoms with E-state index in [0.717, 1.165) is 38.5 Å². The Balaban J connectivity index is 3.35. The molecule has 0 aromatic carbocycles. The van der Waals surface area contributed by atoms with E-state index in [2.05, 4.69) is 13.8 Å². The van der Waals surface area contributed by atoms with Crippen molar-refractivity contribution in [2.75, 3.05) is 6.61 Å². The Morgan fingerprint density at radius 1 is 0.778 bits per heavy atom. The number of esters is 1. The van der Waals surface area contributed by atoms with Crippen molar-refractivity contribution in [3.63, 3.8) is 0 Å². The summed E-state index contributed by atoms with van der Waals surface area (Å²) in [5.41, 5.74) is 0. The first-order chi connectivity index (χ1) is 8.70. The van der Waals surface area contributed by atoms with E-state index >= 15 is 0 Å². The number of rotatable bonds is 12. The van der Waals surface area contributed by atoms with E-state index in [1.165, 1.54) is 0 Å². The van der Waals surface area contributed by atoms with Crippen molar-refractivity contribution in [3.05, 3.63) is 0 Å². The average molecular weight is 256 g/mol. The van der Waals surface area contributed by atoms with Gasteiger partial charge in [-0.15, -0.1) is 0 Å². The number of unbranched alkanes of at least 4 members (excludes halogenated alkanes) is 4. The van der Waals surface area contributed by atoms with E-state index in [0.29, 0.717) is 32.3 Å². The summed E-state index contributed by atoms with van der Waals surface area (Å²) in [6, 6.07) is 0. The summed E-state index contributed by atoms with van der Waals surface area (Å²) in [6.07, 6.45) is 8.61. The van der Waals surface area contributed by atoms with Crippen molar-refractivity contribution in [1.29, 1.82) is 0 Å². The van der Waals surface area contributed by atoms with Crippen LogP contribution in [0, 0.1) is 0 Å². The molecule has 0 heterocycles. The highest BCUT2D eigenvalue weighted by molar-refractivity contribution is 5.79. The monoisotopic (exact) mass is 256 g/mol. The molecule has 3 nitrogen and oxygen atoms in total. The van der Waals surface area contributed by atoms with Crippen LogP contribution < -0.4 is 0 Å². The fourth-order valence-corrected chi connectivity index (χ4v) is 1.74. The molecular formula is C15H28O3. The number of carbonyl (C=O) groups excluding carboxylic acids is 2. The van der Waals surface area contributed by atoms with Gasteiger partial charge < -0.3 is 4.74 Å². The van der Waals surface area contributed by atoms with Crippen LogP contribution in [0.25, 0.3) is 0 Å². The van der Waals surface area contributed by atoms with Crippen LogP contribution in [0.3, 0.4) is 0 Å². The minimum Gasteiger partial charge on any atom is -0.466 e. The zero-order valence-corrected chi connectivity index (χ0v) is 12.0. The molecule has 0 atom stereocenters. The Morgan fingerprint density at radius 2 is 1.39 bits per heavy atom. The van der Waals surface area contributed by atoms with Crippen molar-refractivity contribution in [1.82, 2.24) is 0 Å². The molecule has 0 spiro atoms. The van der Waals surface area contributed by atoms with Crippen molar-refractivity contribution < 1.29 is 14.3 Å². The Morgan fingerprint density at radius 3 is 2.06 bits per heavy atom. The first-order valence-electron chi connectivity index (χ1n) is 7.38. The third-order valence-electron chi connectivity index (χ3n) is 2.91. The van der Waals surface area contributed by atoms with Gasteiger partial charge >= 0.3 is 5.97 Å². The Hall–Kier alpha value is -0.860. The van der Waals surface area contributed by atoms with Gasteiger partial charge in [0.15, 0.2) is 0 Å². The molecule has 0 aliphatic heterocycles. The van der Waals surface area contributed by atoms with Crippen molar-refractivity contribution in [2.45, 2.75) is 78.1 Å². The lowest BCUT2D eigenvalue weighted by atomic mass is 10.1. The largest absolute Gasteiger partial charge is 0.466 e. The molecule has 0 N–H and O–H groups in total. The van der Waals surface area contributed by atoms with Gasteiger partial charge in [0.25, 0.3) is 0 Å². The van der Waals surface area contributed by atoms with Gasteiger partial charge in [-0.2, -0.15) is 0 Å². The highest BCUT2D eigenvalue weighted by atomic mass is 16.5. The van der Waals surface area contributed by atoms with Gasteiger partial charge in [-0.1, -0.05) is 39.5 Å². The molecular weight excluding hydrogens is 228 g/mol. The molecule has 3 heteroatoms. The van der Waals surface area contributed by atoms with Crippen molar-refractivity contribution in [3.8, 4) is 0 Å². The molecule has 0 unspecified atom stereocenters. The molecule has 0 rings (SSSR count). The Bertz CT molecular complexity index is 224. The lowest BCUT2D eigenvalue weighted by molar-refractivity contribution is -0.143. The van der Waals surface area contributed by atoms with E-state index in [1.54, 1.807) is 0 Å². The second-order valence-electron chi connectivity index (χ2n) is 4.78. The molecule has 0 bridgehead atoms. The maximum atomic E-state index is 11.4. The molecule has 0 aromatic rings. The molecule has 0 aromatic heterocycles. The second kappa shape index (κ2) is 12.6. The third kappa shape index (κ3) is 11.6. The van der Waals surface area contributed by atoms with Crippen LogP contribution in [-0.2, 0) is 14.3 Å². The summed E-state index contributed by atoms with van der Waals surface area (Å²) in [5, 5.41) is 0. The van der Waals surface area contributed by atoms with Crippen LogP contribution in [0.5, 0.6) is 0 Å². The average Bonchev–Trinajstić information content (AvgIpc) is 2.35. The summed E-state index contributed by atoms with van der Waals surface area (Å²) in [7, 11) is 0. The Kier molecular flexibility index (Phi) is 12.0. The molecule has 0 radical (unpaired) electrons. The third-order valence-corrected chi connectivity index (χ3v) is 2.91. The van der Waals surface area contributed by atoms with E-state index in [1.807, 2.05) is 0 Å². The van der Waals surface area contributed by atoms with Crippen LogP contribution in [-0.4, -0.2) is 18.4 Å². The number of ether oxygens (including phenoxy) is 1. The molecule has 0 fully saturated rings. The minimum atomic E-state index is -0.160. The van der Waals surface area contributed by atoms with Crippen LogP contribution >= 0.6 is 0 Å². The van der Waals surface area contributed by atoms with E-state index in [-0.39, 0.29) is 11.8 Å². The fraction of sp³-hybridized carbons (Fsp3) is 0.867. The van der Waals surface area contributed by atoms with Crippen molar-refractivity contribution >= 4 is 11.8 Å². The molecule has 0 amide bonds. The predicted molar refractivity (Wildman–Crippen MR) is 73.5 cm³/mol. The summed E-state index contributed by atoms with van der Waals surface area (Å²) < 4.78 is 5.07. The van der Waals surface area contributed by atoms with Gasteiger partial charge in [0.05, 0.1) is 6.61 Å². The molecule has 0 aliphatic carbocycles. The van der Waals surface area contributed by atoms with Gasteiger partial charge in [-0.25, -0.2) is 0 Å². The highest BCUT2D eigenvalue weighted by Crippen LogP contribution is 2.06. The summed E-state index contributed by atoms with van der Waals surface area (Å²) in [6.45, 7) is 4.77. The minimum absolute atomic E-state index is 0.160. The number of hydrogen-bond donors (Lipinski definition) is 0. The van der Waals surface area contributed by atoms with E-state index < -0.39 is 0 Å². The van der Waals surface area contributed by atoms with Gasteiger partial charge in [-0.05, 0) is 19.3 Å². The second-order valence-corrected chi connectivity index (χ2v) is 4.78. The van der Waals surface area contributed by atoms with Gasteiger partial charge in [0, 0.05) is 19.3 Å². The maximum Gasteiger partial charge on any atom is 0.305 e. The molecule has 0 saturated heterocycles. The number of Topliss-reactive ketones (excluding diaryl/α,β-unsaturated/α-hetero) is 1. The van der Waals surface area contributed by atoms with Gasteiger partial charge in [0.2, 0.25) is 0 Å². The lowest BCUT2D eigenvalue weighted by Gasteiger charge is -2.04. The summed E-state index contributed by atoms with van der Waals surface area (Å²) in [5.74, 6) is 0.120. The zero-order valence-electron chi connectivity index (χ0n) is 12.0. The quantitative estimate of drug-likeness (QED) is 0.391. The van der Waals surface area contributed by atoms with Crippen LogP contribution in [0.2, 0.25) is 0 Å². The summed E-state index contributed by atoms with van der Waals surface area (Å²) in [4.78, 5) is 22.8. The first-order valence-corrected chi connectivity index (χ1v) is 7.38. The maximum absolute atomic E-state index is 11.4. The van der Waals surface area contributed by atoms with Gasteiger partial charge in [-0.3, -0.25) is 9.59 Å². The smallest absolute Gasteiger partial charge is 0.305 e. The number of hydrogen-bond acceptors (Lipinski definition) is 3. The predicted octanol–water partition coefficient (Wildman–Crippen LogP) is 4.04. The van der Waals surface area contributed by atoms with Crippen LogP contribution in [0.4, 0.5) is 0 Å². The topological polar surface area (TPSA) is 43.4 Å². The molecule has 106 valence electrons. The number of ketones is 1. The molecule has 0 saturated carbocycles. The zero-order chi connectivity index (χ0) is 13.6. The number of carbonyl (C=O) groups is 2. The SMILES string of the molecule is CCCCCOC(=O)CCCC(=O)CCCCC. The Labute approximate surface area is 111 Å². The molecule has 18 heavy (non-hydrogen) atoms. The molecule has 0 aliphatic rings. The van der Waals surface area contributed by atoms with E-state index in [9.17, 15) is 9.59 Å². The summed E-state index contributed by atoms with van der Waals surface area (Å²) >= 11 is 0. The standard InChI is InChI=1S/C15H28O3/c1-3-5-7-10-14(16)11-9-12-15(17)18-13-8-6-4-2/h3-13H2,1-2H3.